The molecule has 0 amide bonds. The molecule has 0 aliphatic heterocycles. The van der Waals surface area contributed by atoms with E-state index in [1.165, 1.54) is 225 Å². The summed E-state index contributed by atoms with van der Waals surface area (Å²) in [7, 11) is 0. The van der Waals surface area contributed by atoms with Crippen LogP contribution in [0.3, 0.4) is 0 Å². The number of hydrogen-bond donors (Lipinski definition) is 0. The Balaban J connectivity index is 4.31. The van der Waals surface area contributed by atoms with Gasteiger partial charge in [0.15, 0.2) is 6.10 Å². The predicted octanol–water partition coefficient (Wildman–Crippen LogP) is 19.9. The molecular formula is C61H114O6. The summed E-state index contributed by atoms with van der Waals surface area (Å²) in [6.07, 6.45) is 65.9. The van der Waals surface area contributed by atoms with Crippen LogP contribution in [0.2, 0.25) is 0 Å². The first kappa shape index (κ1) is 64.9. The zero-order valence-corrected chi connectivity index (χ0v) is 45.2. The Labute approximate surface area is 417 Å². The van der Waals surface area contributed by atoms with Crippen LogP contribution >= 0.6 is 0 Å². The molecule has 0 aliphatic rings. The first-order valence-electron chi connectivity index (χ1n) is 29.8. The van der Waals surface area contributed by atoms with Gasteiger partial charge in [-0.2, -0.15) is 0 Å². The zero-order valence-electron chi connectivity index (χ0n) is 45.2. The van der Waals surface area contributed by atoms with Gasteiger partial charge in [-0.3, -0.25) is 14.4 Å². The fourth-order valence-corrected chi connectivity index (χ4v) is 8.95. The van der Waals surface area contributed by atoms with Gasteiger partial charge in [-0.15, -0.1) is 0 Å². The van der Waals surface area contributed by atoms with Crippen molar-refractivity contribution in [3.63, 3.8) is 0 Å². The van der Waals surface area contributed by atoms with Gasteiger partial charge < -0.3 is 14.2 Å². The second-order valence-corrected chi connectivity index (χ2v) is 20.3. The first-order chi connectivity index (χ1) is 33.0. The Morgan fingerprint density at radius 1 is 0.299 bits per heavy atom. The van der Waals surface area contributed by atoms with Gasteiger partial charge in [0, 0.05) is 19.3 Å². The molecule has 0 aromatic rings. The van der Waals surface area contributed by atoms with E-state index in [0.29, 0.717) is 19.3 Å². The van der Waals surface area contributed by atoms with Gasteiger partial charge in [0.25, 0.3) is 0 Å². The van der Waals surface area contributed by atoms with E-state index in [4.69, 9.17) is 14.2 Å². The summed E-state index contributed by atoms with van der Waals surface area (Å²) in [5.74, 6) is -0.847. The monoisotopic (exact) mass is 943 g/mol. The van der Waals surface area contributed by atoms with Crippen LogP contribution in [0.1, 0.15) is 329 Å². The van der Waals surface area contributed by atoms with E-state index in [0.717, 1.165) is 64.2 Å². The summed E-state index contributed by atoms with van der Waals surface area (Å²) in [4.78, 5) is 38.2. The van der Waals surface area contributed by atoms with Crippen LogP contribution in [-0.2, 0) is 28.6 Å². The van der Waals surface area contributed by atoms with Crippen molar-refractivity contribution in [3.8, 4) is 0 Å². The van der Waals surface area contributed by atoms with Crippen LogP contribution < -0.4 is 0 Å². The highest BCUT2D eigenvalue weighted by Crippen LogP contribution is 2.17. The number of ether oxygens (including phenoxy) is 3. The zero-order chi connectivity index (χ0) is 48.6. The minimum absolute atomic E-state index is 0.0665. The van der Waals surface area contributed by atoms with Gasteiger partial charge in [-0.1, -0.05) is 283 Å². The van der Waals surface area contributed by atoms with E-state index in [9.17, 15) is 14.4 Å². The van der Waals surface area contributed by atoms with Crippen molar-refractivity contribution in [2.75, 3.05) is 13.2 Å². The largest absolute Gasteiger partial charge is 0.462 e. The van der Waals surface area contributed by atoms with Crippen molar-refractivity contribution >= 4 is 17.9 Å². The van der Waals surface area contributed by atoms with Crippen molar-refractivity contribution in [2.45, 2.75) is 335 Å². The van der Waals surface area contributed by atoms with Crippen LogP contribution in [0.15, 0.2) is 24.3 Å². The smallest absolute Gasteiger partial charge is 0.306 e. The summed E-state index contributed by atoms with van der Waals surface area (Å²) in [6, 6.07) is 0. The Bertz CT molecular complexity index is 1080. The van der Waals surface area contributed by atoms with E-state index in [-0.39, 0.29) is 31.1 Å². The number of hydrogen-bond acceptors (Lipinski definition) is 6. The standard InChI is InChI=1S/C61H114O6/c1-4-7-10-13-16-19-22-25-28-29-30-31-34-36-39-42-45-48-51-54-60(63)66-57-58(67-61(64)55-52-49-46-43-40-37-33-27-24-21-18-15-12-9-6-3)56-65-59(62)53-50-47-44-41-38-35-32-26-23-20-17-14-11-8-5-2/h16,19,25,28,58H,4-15,17-18,20-24,26-27,29-57H2,1-3H3/b19-16-,28-25-/t58-/m1/s1. The average molecular weight is 944 g/mol. The van der Waals surface area contributed by atoms with Crippen LogP contribution in [0.4, 0.5) is 0 Å². The number of carbonyl (C=O) groups excluding carboxylic acids is 3. The van der Waals surface area contributed by atoms with E-state index >= 15 is 0 Å². The number of rotatable bonds is 55. The minimum Gasteiger partial charge on any atom is -0.462 e. The minimum atomic E-state index is -0.768. The van der Waals surface area contributed by atoms with Crippen molar-refractivity contribution in [3.05, 3.63) is 24.3 Å². The SMILES string of the molecule is CCCCC/C=C\C/C=C\CCCCCCCCCCCC(=O)OC[C@@H](COC(=O)CCCCCCCCCCCCCCCCC)OC(=O)CCCCCCCCCCCCCCCCC. The van der Waals surface area contributed by atoms with E-state index in [2.05, 4.69) is 45.1 Å². The molecule has 0 aliphatic carbocycles. The third-order valence-electron chi connectivity index (χ3n) is 13.5. The third kappa shape index (κ3) is 54.7. The first-order valence-corrected chi connectivity index (χ1v) is 29.8. The average Bonchev–Trinajstić information content (AvgIpc) is 3.33. The molecule has 0 aromatic heterocycles. The van der Waals surface area contributed by atoms with Gasteiger partial charge in [-0.25, -0.2) is 0 Å². The topological polar surface area (TPSA) is 78.9 Å². The van der Waals surface area contributed by atoms with Crippen LogP contribution in [-0.4, -0.2) is 37.2 Å². The molecule has 0 bridgehead atoms. The fourth-order valence-electron chi connectivity index (χ4n) is 8.95. The molecule has 67 heavy (non-hydrogen) atoms. The molecule has 6 nitrogen and oxygen atoms in total. The lowest BCUT2D eigenvalue weighted by Gasteiger charge is -2.18. The van der Waals surface area contributed by atoms with E-state index in [1.54, 1.807) is 0 Å². The van der Waals surface area contributed by atoms with Crippen molar-refractivity contribution in [1.29, 1.82) is 0 Å². The third-order valence-corrected chi connectivity index (χ3v) is 13.5. The van der Waals surface area contributed by atoms with Crippen molar-refractivity contribution in [1.82, 2.24) is 0 Å². The second-order valence-electron chi connectivity index (χ2n) is 20.3. The molecule has 0 spiro atoms. The maximum absolute atomic E-state index is 12.9. The van der Waals surface area contributed by atoms with Crippen LogP contribution in [0.5, 0.6) is 0 Å². The molecule has 0 aromatic carbocycles. The highest BCUT2D eigenvalue weighted by molar-refractivity contribution is 5.71. The van der Waals surface area contributed by atoms with Gasteiger partial charge >= 0.3 is 17.9 Å². The molecule has 0 fully saturated rings. The molecule has 0 rings (SSSR count). The fraction of sp³-hybridized carbons (Fsp3) is 0.885. The molecule has 0 heterocycles. The molecule has 394 valence electrons. The quantitative estimate of drug-likeness (QED) is 0.0262. The van der Waals surface area contributed by atoms with Gasteiger partial charge in [0.05, 0.1) is 0 Å². The molecule has 0 radical (unpaired) electrons. The van der Waals surface area contributed by atoms with Crippen LogP contribution in [0.25, 0.3) is 0 Å². The molecule has 0 unspecified atom stereocenters. The lowest BCUT2D eigenvalue weighted by molar-refractivity contribution is -0.167. The molecule has 0 N–H and O–H groups in total. The molecule has 0 saturated carbocycles. The number of carbonyl (C=O) groups is 3. The Morgan fingerprint density at radius 2 is 0.537 bits per heavy atom. The predicted molar refractivity (Wildman–Crippen MR) is 289 cm³/mol. The summed E-state index contributed by atoms with van der Waals surface area (Å²) in [5, 5.41) is 0. The van der Waals surface area contributed by atoms with Gasteiger partial charge in [0.2, 0.25) is 0 Å². The Hall–Kier alpha value is -2.11. The normalized spacial score (nSPS) is 12.1. The highest BCUT2D eigenvalue weighted by Gasteiger charge is 2.19. The molecule has 6 heteroatoms. The molecule has 1 atom stereocenters. The Kier molecular flexibility index (Phi) is 54.7. The van der Waals surface area contributed by atoms with Crippen LogP contribution in [0, 0.1) is 0 Å². The lowest BCUT2D eigenvalue weighted by atomic mass is 10.0. The highest BCUT2D eigenvalue weighted by atomic mass is 16.6. The molecule has 0 saturated heterocycles. The van der Waals surface area contributed by atoms with Gasteiger partial charge in [-0.05, 0) is 51.4 Å². The number of esters is 3. The van der Waals surface area contributed by atoms with Gasteiger partial charge in [0.1, 0.15) is 13.2 Å². The number of unbranched alkanes of at least 4 members (excludes halogenated alkanes) is 40. The molecular weight excluding hydrogens is 829 g/mol. The summed E-state index contributed by atoms with van der Waals surface area (Å²) < 4.78 is 16.9. The lowest BCUT2D eigenvalue weighted by Crippen LogP contribution is -2.30. The van der Waals surface area contributed by atoms with Crippen molar-refractivity contribution < 1.29 is 28.6 Å². The number of allylic oxidation sites excluding steroid dienone is 4. The van der Waals surface area contributed by atoms with E-state index < -0.39 is 6.10 Å². The van der Waals surface area contributed by atoms with Crippen molar-refractivity contribution in [2.24, 2.45) is 0 Å². The summed E-state index contributed by atoms with van der Waals surface area (Å²) in [5.41, 5.74) is 0. The Morgan fingerprint density at radius 3 is 0.851 bits per heavy atom. The maximum atomic E-state index is 12.9. The summed E-state index contributed by atoms with van der Waals surface area (Å²) in [6.45, 7) is 6.67. The van der Waals surface area contributed by atoms with E-state index in [1.807, 2.05) is 0 Å². The second kappa shape index (κ2) is 56.5. The maximum Gasteiger partial charge on any atom is 0.306 e. The summed E-state index contributed by atoms with van der Waals surface area (Å²) >= 11 is 0.